The normalized spacial score (nSPS) is 17.2. The molecular formula is C22H23N5O. The van der Waals surface area contributed by atoms with Crippen molar-refractivity contribution in [3.05, 3.63) is 58.9 Å². The smallest absolute Gasteiger partial charge is 0.261 e. The second kappa shape index (κ2) is 6.49. The van der Waals surface area contributed by atoms with E-state index in [1.165, 1.54) is 0 Å². The maximum absolute atomic E-state index is 13.2. The molecule has 0 radical (unpaired) electrons. The lowest BCUT2D eigenvalue weighted by molar-refractivity contribution is 0.315. The van der Waals surface area contributed by atoms with Crippen molar-refractivity contribution < 1.29 is 0 Å². The Morgan fingerprint density at radius 3 is 2.54 bits per heavy atom. The van der Waals surface area contributed by atoms with E-state index in [-0.39, 0.29) is 5.56 Å². The van der Waals surface area contributed by atoms with E-state index in [0.717, 1.165) is 47.1 Å². The summed E-state index contributed by atoms with van der Waals surface area (Å²) in [5.41, 5.74) is 4.14. The van der Waals surface area contributed by atoms with Gasteiger partial charge < -0.3 is 19.8 Å². The predicted molar refractivity (Wildman–Crippen MR) is 114 cm³/mol. The lowest BCUT2D eigenvalue weighted by Crippen LogP contribution is -2.32. The topological polar surface area (TPSA) is 68.0 Å². The molecule has 6 nitrogen and oxygen atoms in total. The zero-order valence-corrected chi connectivity index (χ0v) is 16.1. The second-order valence-electron chi connectivity index (χ2n) is 7.68. The lowest BCUT2D eigenvalue weighted by Gasteiger charge is -2.24. The van der Waals surface area contributed by atoms with E-state index in [0.29, 0.717) is 17.4 Å². The third-order valence-corrected chi connectivity index (χ3v) is 5.73. The highest BCUT2D eigenvalue weighted by Crippen LogP contribution is 2.36. The van der Waals surface area contributed by atoms with Crippen LogP contribution in [0.15, 0.2) is 53.3 Å². The van der Waals surface area contributed by atoms with Crippen LogP contribution in [0.1, 0.15) is 6.42 Å². The van der Waals surface area contributed by atoms with Crippen molar-refractivity contribution >= 4 is 27.6 Å². The van der Waals surface area contributed by atoms with E-state index in [1.807, 2.05) is 42.5 Å². The van der Waals surface area contributed by atoms with Gasteiger partial charge in [-0.05, 0) is 38.7 Å². The van der Waals surface area contributed by atoms with Gasteiger partial charge in [0.25, 0.3) is 5.56 Å². The van der Waals surface area contributed by atoms with Crippen molar-refractivity contribution in [1.29, 1.82) is 0 Å². The molecule has 2 aromatic heterocycles. The Morgan fingerprint density at radius 1 is 1.04 bits per heavy atom. The first-order valence-electron chi connectivity index (χ1n) is 9.63. The molecule has 2 aromatic carbocycles. The van der Waals surface area contributed by atoms with Crippen LogP contribution in [0.3, 0.4) is 0 Å². The van der Waals surface area contributed by atoms with Crippen LogP contribution in [-0.4, -0.2) is 53.1 Å². The summed E-state index contributed by atoms with van der Waals surface area (Å²) in [5.74, 6) is 0.622. The average molecular weight is 373 g/mol. The molecule has 0 unspecified atom stereocenters. The van der Waals surface area contributed by atoms with E-state index in [9.17, 15) is 4.79 Å². The quantitative estimate of drug-likeness (QED) is 0.579. The van der Waals surface area contributed by atoms with E-state index in [2.05, 4.69) is 39.9 Å². The standard InChI is InChI=1S/C22H23N5O/c1-26(2)14-11-12-27(13-14)20-15-7-3-4-8-16(15)25-22(28)19(20)21-23-17-9-5-6-10-18(17)24-21/h3-10,14H,11-13H2,1-2H3,(H,23,24)(H,25,28)/t14-/m1/s1. The third kappa shape index (κ3) is 2.68. The van der Waals surface area contributed by atoms with Gasteiger partial charge in [0.15, 0.2) is 0 Å². The molecule has 4 aromatic rings. The van der Waals surface area contributed by atoms with Gasteiger partial charge in [-0.1, -0.05) is 30.3 Å². The van der Waals surface area contributed by atoms with Crippen LogP contribution in [0.25, 0.3) is 33.3 Å². The number of likely N-dealkylation sites (N-methyl/N-ethyl adjacent to an activating group) is 1. The van der Waals surface area contributed by atoms with Crippen LogP contribution in [0.4, 0.5) is 5.69 Å². The molecule has 0 amide bonds. The van der Waals surface area contributed by atoms with Crippen molar-refractivity contribution in [3.8, 4) is 11.4 Å². The van der Waals surface area contributed by atoms with Crippen LogP contribution in [0.2, 0.25) is 0 Å². The Morgan fingerprint density at radius 2 is 1.79 bits per heavy atom. The minimum absolute atomic E-state index is 0.110. The number of H-pyrrole nitrogens is 2. The largest absolute Gasteiger partial charge is 0.369 e. The number of rotatable bonds is 3. The van der Waals surface area contributed by atoms with E-state index in [4.69, 9.17) is 4.98 Å². The number of hydrogen-bond acceptors (Lipinski definition) is 4. The molecule has 6 heteroatoms. The number of benzene rings is 2. The molecule has 0 saturated carbocycles. The maximum Gasteiger partial charge on any atom is 0.261 e. The first-order valence-corrected chi connectivity index (χ1v) is 9.63. The van der Waals surface area contributed by atoms with Gasteiger partial charge in [-0.2, -0.15) is 0 Å². The Balaban J connectivity index is 1.76. The van der Waals surface area contributed by atoms with Crippen LogP contribution >= 0.6 is 0 Å². The highest BCUT2D eigenvalue weighted by Gasteiger charge is 2.29. The SMILES string of the molecule is CN(C)[C@@H]1CCN(c2c(-c3nc4ccccc4[nH]3)c(=O)[nH]c3ccccc23)C1. The average Bonchev–Trinajstić information content (AvgIpc) is 3.34. The molecule has 0 spiro atoms. The first-order chi connectivity index (χ1) is 13.6. The summed E-state index contributed by atoms with van der Waals surface area (Å²) in [7, 11) is 4.23. The van der Waals surface area contributed by atoms with Gasteiger partial charge in [0, 0.05) is 24.5 Å². The maximum atomic E-state index is 13.2. The number of anilines is 1. The van der Waals surface area contributed by atoms with Crippen molar-refractivity contribution in [2.24, 2.45) is 0 Å². The second-order valence-corrected chi connectivity index (χ2v) is 7.68. The minimum atomic E-state index is -0.110. The van der Waals surface area contributed by atoms with Crippen molar-refractivity contribution in [1.82, 2.24) is 19.9 Å². The molecule has 1 saturated heterocycles. The van der Waals surface area contributed by atoms with Crippen LogP contribution in [0.5, 0.6) is 0 Å². The molecule has 28 heavy (non-hydrogen) atoms. The zero-order valence-electron chi connectivity index (χ0n) is 16.1. The number of fused-ring (bicyclic) bond motifs is 2. The van der Waals surface area contributed by atoms with Gasteiger partial charge in [0.2, 0.25) is 0 Å². The molecule has 0 aliphatic carbocycles. The Kier molecular flexibility index (Phi) is 3.94. The van der Waals surface area contributed by atoms with Gasteiger partial charge in [-0.15, -0.1) is 0 Å². The van der Waals surface area contributed by atoms with E-state index in [1.54, 1.807) is 0 Å². The highest BCUT2D eigenvalue weighted by molar-refractivity contribution is 5.99. The third-order valence-electron chi connectivity index (χ3n) is 5.73. The fourth-order valence-corrected chi connectivity index (χ4v) is 4.21. The van der Waals surface area contributed by atoms with Gasteiger partial charge >= 0.3 is 0 Å². The molecule has 0 bridgehead atoms. The van der Waals surface area contributed by atoms with Crippen molar-refractivity contribution in [3.63, 3.8) is 0 Å². The monoisotopic (exact) mass is 373 g/mol. The number of nitrogens with one attached hydrogen (secondary N) is 2. The number of aromatic nitrogens is 3. The summed E-state index contributed by atoms with van der Waals surface area (Å²) in [6.45, 7) is 1.82. The summed E-state index contributed by atoms with van der Waals surface area (Å²) >= 11 is 0. The predicted octanol–water partition coefficient (Wildman–Crippen LogP) is 3.21. The van der Waals surface area contributed by atoms with Gasteiger partial charge in [-0.3, -0.25) is 4.79 Å². The zero-order chi connectivity index (χ0) is 19.3. The summed E-state index contributed by atoms with van der Waals surface area (Å²) in [5, 5.41) is 1.05. The molecule has 1 atom stereocenters. The van der Waals surface area contributed by atoms with Crippen molar-refractivity contribution in [2.45, 2.75) is 12.5 Å². The van der Waals surface area contributed by atoms with Gasteiger partial charge in [-0.25, -0.2) is 4.98 Å². The van der Waals surface area contributed by atoms with E-state index < -0.39 is 0 Å². The molecule has 2 N–H and O–H groups in total. The number of hydrogen-bond donors (Lipinski definition) is 2. The highest BCUT2D eigenvalue weighted by atomic mass is 16.1. The number of nitrogens with zero attached hydrogens (tertiary/aromatic N) is 3. The molecule has 142 valence electrons. The molecule has 1 aliphatic heterocycles. The fraction of sp³-hybridized carbons (Fsp3) is 0.273. The molecule has 1 aliphatic rings. The summed E-state index contributed by atoms with van der Waals surface area (Å²) in [4.78, 5) is 28.9. The van der Waals surface area contributed by atoms with Gasteiger partial charge in [0.1, 0.15) is 11.4 Å². The Bertz CT molecular complexity index is 1190. The molecular weight excluding hydrogens is 350 g/mol. The number of aromatic amines is 2. The van der Waals surface area contributed by atoms with Crippen molar-refractivity contribution in [2.75, 3.05) is 32.1 Å². The molecule has 5 rings (SSSR count). The molecule has 3 heterocycles. The van der Waals surface area contributed by atoms with Crippen LogP contribution in [-0.2, 0) is 0 Å². The van der Waals surface area contributed by atoms with Gasteiger partial charge in [0.05, 0.1) is 22.2 Å². The Hall–Kier alpha value is -3.12. The fourth-order valence-electron chi connectivity index (χ4n) is 4.21. The number of para-hydroxylation sites is 3. The summed E-state index contributed by atoms with van der Waals surface area (Å²) in [6.07, 6.45) is 1.08. The molecule has 1 fully saturated rings. The lowest BCUT2D eigenvalue weighted by atomic mass is 10.1. The number of pyridine rings is 1. The first kappa shape index (κ1) is 17.0. The number of imidazole rings is 1. The van der Waals surface area contributed by atoms with Crippen LogP contribution < -0.4 is 10.5 Å². The summed E-state index contributed by atoms with van der Waals surface area (Å²) < 4.78 is 0. The van der Waals surface area contributed by atoms with Crippen LogP contribution in [0, 0.1) is 0 Å². The van der Waals surface area contributed by atoms with E-state index >= 15 is 0 Å². The minimum Gasteiger partial charge on any atom is -0.369 e. The summed E-state index contributed by atoms with van der Waals surface area (Å²) in [6, 6.07) is 16.4. The Labute approximate surface area is 162 Å².